The highest BCUT2D eigenvalue weighted by Crippen LogP contribution is 2.16. The Morgan fingerprint density at radius 3 is 2.30 bits per heavy atom. The standard InChI is InChI=1S/C16H25N4.C2H6O4S/c1-4-6-8-13-15-18-19(5-2)16(20(15)17-3)14-11-9-7-10-12-14;1-2-6-7(3,4)5/h7,9-12,17H,4-6,8,13H2,1-3H3;2H2,1H3,(H,3,4,5)/q+1;/p-1. The van der Waals surface area contributed by atoms with Crippen molar-refractivity contribution in [1.29, 1.82) is 0 Å². The number of nitrogens with zero attached hydrogens (tertiary/aromatic N) is 3. The molecule has 0 aliphatic heterocycles. The van der Waals surface area contributed by atoms with E-state index in [0.29, 0.717) is 0 Å². The Hall–Kier alpha value is -1.97. The van der Waals surface area contributed by atoms with Gasteiger partial charge >= 0.3 is 5.82 Å². The molecular formula is C18H30N4O4S. The number of nitrogens with one attached hydrogen (secondary N) is 1. The molecule has 0 spiro atoms. The van der Waals surface area contributed by atoms with E-state index in [1.807, 2.05) is 13.1 Å². The van der Waals surface area contributed by atoms with Gasteiger partial charge in [0.15, 0.2) is 0 Å². The van der Waals surface area contributed by atoms with Crippen LogP contribution < -0.4 is 10.1 Å². The summed E-state index contributed by atoms with van der Waals surface area (Å²) in [5.41, 5.74) is 4.47. The minimum Gasteiger partial charge on any atom is -0.726 e. The lowest BCUT2D eigenvalue weighted by atomic mass is 10.2. The van der Waals surface area contributed by atoms with E-state index in [9.17, 15) is 13.0 Å². The normalized spacial score (nSPS) is 11.0. The van der Waals surface area contributed by atoms with E-state index in [2.05, 4.69) is 57.1 Å². The summed E-state index contributed by atoms with van der Waals surface area (Å²) in [6.07, 6.45) is 4.69. The maximum Gasteiger partial charge on any atom is 0.334 e. The van der Waals surface area contributed by atoms with Gasteiger partial charge in [-0.2, -0.15) is 0 Å². The van der Waals surface area contributed by atoms with Gasteiger partial charge in [-0.3, -0.25) is 9.61 Å². The molecule has 8 nitrogen and oxygen atoms in total. The molecule has 0 saturated carbocycles. The Morgan fingerprint density at radius 2 is 1.85 bits per heavy atom. The zero-order valence-corrected chi connectivity index (χ0v) is 17.3. The van der Waals surface area contributed by atoms with E-state index in [1.165, 1.54) is 31.7 Å². The van der Waals surface area contributed by atoms with E-state index in [-0.39, 0.29) is 6.61 Å². The maximum absolute atomic E-state index is 9.45. The molecule has 0 saturated heterocycles. The summed E-state index contributed by atoms with van der Waals surface area (Å²) >= 11 is 0. The Bertz CT molecular complexity index is 776. The summed E-state index contributed by atoms with van der Waals surface area (Å²) in [6, 6.07) is 10.4. The predicted octanol–water partition coefficient (Wildman–Crippen LogP) is 2.25. The van der Waals surface area contributed by atoms with Crippen molar-refractivity contribution < 1.29 is 21.8 Å². The SMILES string of the molecule is CCCCCc1n[n+](CC)c(-c2ccccc2)n1NC.CCOS(=O)(=O)[O-]. The summed E-state index contributed by atoms with van der Waals surface area (Å²) in [5.74, 6) is 2.24. The number of hydrogen-bond acceptors (Lipinski definition) is 6. The third-order valence-corrected chi connectivity index (χ3v) is 4.30. The molecule has 0 atom stereocenters. The van der Waals surface area contributed by atoms with Crippen molar-refractivity contribution in [2.75, 3.05) is 19.1 Å². The molecule has 1 aromatic heterocycles. The molecule has 0 aliphatic rings. The number of aryl methyl sites for hydroxylation is 2. The largest absolute Gasteiger partial charge is 0.726 e. The molecule has 0 aliphatic carbocycles. The minimum absolute atomic E-state index is 0.0914. The highest BCUT2D eigenvalue weighted by atomic mass is 32.3. The Kier molecular flexibility index (Phi) is 9.98. The van der Waals surface area contributed by atoms with Crippen molar-refractivity contribution >= 4 is 10.4 Å². The van der Waals surface area contributed by atoms with Crippen LogP contribution in [-0.2, 0) is 27.5 Å². The smallest absolute Gasteiger partial charge is 0.334 e. The van der Waals surface area contributed by atoms with Gasteiger partial charge in [0.1, 0.15) is 6.54 Å². The van der Waals surface area contributed by atoms with E-state index in [4.69, 9.17) is 5.10 Å². The van der Waals surface area contributed by atoms with Crippen LogP contribution in [0.2, 0.25) is 0 Å². The topological polar surface area (TPSA) is 100 Å². The van der Waals surface area contributed by atoms with Crippen molar-refractivity contribution in [3.63, 3.8) is 0 Å². The lowest BCUT2D eigenvalue weighted by molar-refractivity contribution is -0.738. The molecule has 27 heavy (non-hydrogen) atoms. The fraction of sp³-hybridized carbons (Fsp3) is 0.556. The lowest BCUT2D eigenvalue weighted by Gasteiger charge is -2.02. The summed E-state index contributed by atoms with van der Waals surface area (Å²) in [7, 11) is -2.47. The van der Waals surface area contributed by atoms with Gasteiger partial charge in [-0.05, 0) is 37.5 Å². The van der Waals surface area contributed by atoms with Crippen molar-refractivity contribution in [3.05, 3.63) is 36.2 Å². The molecule has 1 N–H and O–H groups in total. The monoisotopic (exact) mass is 398 g/mol. The van der Waals surface area contributed by atoms with Crippen LogP contribution in [-0.4, -0.2) is 36.4 Å². The predicted molar refractivity (Wildman–Crippen MR) is 103 cm³/mol. The van der Waals surface area contributed by atoms with Crippen LogP contribution in [0.1, 0.15) is 45.9 Å². The Balaban J connectivity index is 0.000000445. The van der Waals surface area contributed by atoms with Gasteiger partial charge in [0, 0.05) is 13.5 Å². The van der Waals surface area contributed by atoms with Crippen molar-refractivity contribution in [1.82, 2.24) is 9.77 Å². The molecule has 0 fully saturated rings. The average molecular weight is 399 g/mol. The second-order valence-corrected chi connectivity index (χ2v) is 6.80. The zero-order valence-electron chi connectivity index (χ0n) is 16.5. The molecule has 0 amide bonds. The third-order valence-electron chi connectivity index (χ3n) is 3.77. The molecule has 2 aromatic rings. The molecule has 152 valence electrons. The molecule has 0 radical (unpaired) electrons. The van der Waals surface area contributed by atoms with Gasteiger partial charge in [-0.25, -0.2) is 8.42 Å². The van der Waals surface area contributed by atoms with Crippen LogP contribution in [0.3, 0.4) is 0 Å². The van der Waals surface area contributed by atoms with Crippen molar-refractivity contribution in [3.8, 4) is 11.4 Å². The third kappa shape index (κ3) is 7.66. The van der Waals surface area contributed by atoms with E-state index < -0.39 is 10.4 Å². The molecule has 0 unspecified atom stereocenters. The number of hydrogen-bond donors (Lipinski definition) is 1. The van der Waals surface area contributed by atoms with Gasteiger partial charge in [-0.1, -0.05) is 38.0 Å². The summed E-state index contributed by atoms with van der Waals surface area (Å²) in [6.45, 7) is 6.57. The maximum atomic E-state index is 9.45. The number of aromatic nitrogens is 3. The van der Waals surface area contributed by atoms with E-state index in [0.717, 1.165) is 24.6 Å². The Labute approximate surface area is 162 Å². The van der Waals surface area contributed by atoms with Crippen LogP contribution in [0.25, 0.3) is 11.4 Å². The first-order valence-corrected chi connectivity index (χ1v) is 10.6. The van der Waals surface area contributed by atoms with Crippen LogP contribution in [0, 0.1) is 0 Å². The van der Waals surface area contributed by atoms with Crippen molar-refractivity contribution in [2.45, 2.75) is 53.0 Å². The van der Waals surface area contributed by atoms with Gasteiger partial charge in [0.2, 0.25) is 10.4 Å². The molecule has 1 aromatic carbocycles. The first-order valence-electron chi connectivity index (χ1n) is 9.23. The second-order valence-electron chi connectivity index (χ2n) is 5.75. The first-order chi connectivity index (χ1) is 12.9. The van der Waals surface area contributed by atoms with Crippen LogP contribution >= 0.6 is 0 Å². The molecule has 9 heteroatoms. The zero-order chi connectivity index (χ0) is 20.3. The highest BCUT2D eigenvalue weighted by Gasteiger charge is 2.25. The quantitative estimate of drug-likeness (QED) is 0.301. The van der Waals surface area contributed by atoms with Crippen molar-refractivity contribution in [2.24, 2.45) is 0 Å². The lowest BCUT2D eigenvalue weighted by Crippen LogP contribution is -2.37. The summed E-state index contributed by atoms with van der Waals surface area (Å²) in [5, 5.41) is 4.76. The fourth-order valence-electron chi connectivity index (χ4n) is 2.63. The molecular weight excluding hydrogens is 368 g/mol. The van der Waals surface area contributed by atoms with Crippen LogP contribution in [0.4, 0.5) is 0 Å². The van der Waals surface area contributed by atoms with Crippen LogP contribution in [0.5, 0.6) is 0 Å². The molecule has 2 rings (SSSR count). The second kappa shape index (κ2) is 11.7. The molecule has 0 bridgehead atoms. The van der Waals surface area contributed by atoms with Gasteiger partial charge in [-0.15, -0.1) is 9.36 Å². The minimum atomic E-state index is -4.42. The summed E-state index contributed by atoms with van der Waals surface area (Å²) < 4.78 is 36.2. The fourth-order valence-corrected chi connectivity index (χ4v) is 2.92. The number of rotatable bonds is 9. The summed E-state index contributed by atoms with van der Waals surface area (Å²) in [4.78, 5) is 0. The van der Waals surface area contributed by atoms with E-state index in [1.54, 1.807) is 0 Å². The molecule has 1 heterocycles. The highest BCUT2D eigenvalue weighted by molar-refractivity contribution is 7.80. The van der Waals surface area contributed by atoms with Gasteiger partial charge in [0.25, 0.3) is 5.82 Å². The van der Waals surface area contributed by atoms with Gasteiger partial charge in [0.05, 0.1) is 12.2 Å². The number of unbranched alkanes of at least 4 members (excludes halogenated alkanes) is 2. The number of benzene rings is 1. The first kappa shape index (κ1) is 23.1. The Morgan fingerprint density at radius 1 is 1.19 bits per heavy atom. The van der Waals surface area contributed by atoms with Crippen LogP contribution in [0.15, 0.2) is 30.3 Å². The van der Waals surface area contributed by atoms with E-state index >= 15 is 0 Å². The van der Waals surface area contributed by atoms with Gasteiger partial charge < -0.3 is 4.55 Å². The average Bonchev–Trinajstić information content (AvgIpc) is 3.00.